The van der Waals surface area contributed by atoms with Gasteiger partial charge < -0.3 is 10.6 Å². The van der Waals surface area contributed by atoms with E-state index in [9.17, 15) is 18.4 Å². The summed E-state index contributed by atoms with van der Waals surface area (Å²) < 4.78 is 42.7. The van der Waals surface area contributed by atoms with Gasteiger partial charge in [-0.3, -0.25) is 15.0 Å². The molecule has 3 heterocycles. The molecule has 0 bridgehead atoms. The zero-order valence-corrected chi connectivity index (χ0v) is 24.3. The highest BCUT2D eigenvalue weighted by atomic mass is 35.5. The van der Waals surface area contributed by atoms with E-state index in [4.69, 9.17) is 11.6 Å². The molecule has 0 spiro atoms. The number of anilines is 2. The van der Waals surface area contributed by atoms with Crippen LogP contribution in [-0.2, 0) is 5.54 Å². The molecule has 220 valence electrons. The second kappa shape index (κ2) is 10.3. The molecule has 5 aromatic rings. The lowest BCUT2D eigenvalue weighted by Gasteiger charge is -2.23. The topological polar surface area (TPSA) is 117 Å². The molecule has 1 aliphatic carbocycles. The Bertz CT molecular complexity index is 1880. The number of aromatic nitrogens is 6. The standard InChI is InChI=1S/C30H27ClF3N9/c1-28(2,3)16-39-24-17(13-35)14-38-25-20(24)11-18(12-21(25)31)40-27(19-5-4-6-22-26(19)37-10-9-36-22)23-15-43(42-41-23)29(7-8-29)30(32,33)34/h4-6,9-12,14-15,27,40H,7-8,16H2,1-3H3,(H,38,39). The number of benzene rings is 2. The Morgan fingerprint density at radius 2 is 1.86 bits per heavy atom. The number of alkyl halides is 3. The lowest BCUT2D eigenvalue weighted by atomic mass is 9.96. The highest BCUT2D eigenvalue weighted by Gasteiger charge is 2.66. The second-order valence-electron chi connectivity index (χ2n) is 11.9. The number of fused-ring (bicyclic) bond motifs is 2. The second-order valence-corrected chi connectivity index (χ2v) is 12.3. The number of nitrogens with zero attached hydrogens (tertiary/aromatic N) is 7. The van der Waals surface area contributed by atoms with Gasteiger partial charge in [-0.1, -0.05) is 49.7 Å². The number of hydrogen-bond donors (Lipinski definition) is 2. The van der Waals surface area contributed by atoms with Crippen molar-refractivity contribution in [1.29, 1.82) is 5.26 Å². The molecule has 1 atom stereocenters. The van der Waals surface area contributed by atoms with E-state index >= 15 is 0 Å². The van der Waals surface area contributed by atoms with Gasteiger partial charge in [0, 0.05) is 41.8 Å². The molecule has 1 fully saturated rings. The molecule has 1 unspecified atom stereocenters. The predicted octanol–water partition coefficient (Wildman–Crippen LogP) is 7.01. The van der Waals surface area contributed by atoms with Crippen molar-refractivity contribution in [3.8, 4) is 6.07 Å². The van der Waals surface area contributed by atoms with Crippen LogP contribution in [0.25, 0.3) is 21.9 Å². The Morgan fingerprint density at radius 1 is 1.09 bits per heavy atom. The molecule has 0 aliphatic heterocycles. The Hall–Kier alpha value is -4.50. The molecule has 43 heavy (non-hydrogen) atoms. The van der Waals surface area contributed by atoms with Gasteiger partial charge >= 0.3 is 6.18 Å². The third-order valence-electron chi connectivity index (χ3n) is 7.49. The van der Waals surface area contributed by atoms with E-state index in [0.29, 0.717) is 56.0 Å². The number of para-hydroxylation sites is 1. The third kappa shape index (κ3) is 5.29. The van der Waals surface area contributed by atoms with Crippen molar-refractivity contribution in [2.24, 2.45) is 5.41 Å². The summed E-state index contributed by atoms with van der Waals surface area (Å²) in [6, 6.07) is 10.3. The zero-order valence-electron chi connectivity index (χ0n) is 23.5. The van der Waals surface area contributed by atoms with Gasteiger partial charge in [0.25, 0.3) is 0 Å². The lowest BCUT2D eigenvalue weighted by molar-refractivity contribution is -0.182. The normalized spacial score (nSPS) is 15.3. The van der Waals surface area contributed by atoms with Crippen LogP contribution in [0, 0.1) is 16.7 Å². The molecule has 6 rings (SSSR count). The largest absolute Gasteiger partial charge is 0.413 e. The summed E-state index contributed by atoms with van der Waals surface area (Å²) in [7, 11) is 0. The molecule has 0 saturated heterocycles. The molecule has 13 heteroatoms. The summed E-state index contributed by atoms with van der Waals surface area (Å²) >= 11 is 6.72. The van der Waals surface area contributed by atoms with Crippen LogP contribution >= 0.6 is 11.6 Å². The Kier molecular flexibility index (Phi) is 6.88. The molecular formula is C30H27ClF3N9. The fraction of sp³-hybridized carbons (Fsp3) is 0.333. The average molecular weight is 606 g/mol. The number of rotatable bonds is 7. The van der Waals surface area contributed by atoms with Crippen LogP contribution in [0.2, 0.25) is 5.02 Å². The highest BCUT2D eigenvalue weighted by Crippen LogP contribution is 2.55. The van der Waals surface area contributed by atoms with E-state index in [1.807, 2.05) is 12.1 Å². The summed E-state index contributed by atoms with van der Waals surface area (Å²) in [5.41, 5.74) is 1.92. The smallest absolute Gasteiger partial charge is 0.383 e. The van der Waals surface area contributed by atoms with Crippen molar-refractivity contribution in [3.63, 3.8) is 0 Å². The number of pyridine rings is 1. The SMILES string of the molecule is CC(C)(C)CNc1c(C#N)cnc2c(Cl)cc(NC(c3cn(C4(C(F)(F)F)CC4)nn3)c3cccc4nccnc34)cc12. The van der Waals surface area contributed by atoms with E-state index in [-0.39, 0.29) is 24.0 Å². The maximum absolute atomic E-state index is 13.9. The molecule has 1 aliphatic rings. The van der Waals surface area contributed by atoms with Crippen LogP contribution < -0.4 is 10.6 Å². The Labute approximate surface area is 250 Å². The summed E-state index contributed by atoms with van der Waals surface area (Å²) in [4.78, 5) is 13.3. The van der Waals surface area contributed by atoms with E-state index < -0.39 is 17.8 Å². The van der Waals surface area contributed by atoms with Crippen molar-refractivity contribution in [1.82, 2.24) is 29.9 Å². The van der Waals surface area contributed by atoms with Gasteiger partial charge in [0.1, 0.15) is 11.8 Å². The number of hydrogen-bond acceptors (Lipinski definition) is 8. The van der Waals surface area contributed by atoms with Crippen LogP contribution in [0.4, 0.5) is 24.5 Å². The molecule has 0 amide bonds. The zero-order chi connectivity index (χ0) is 30.6. The number of nitrogens with one attached hydrogen (secondary N) is 2. The molecule has 0 radical (unpaired) electrons. The van der Waals surface area contributed by atoms with Crippen molar-refractivity contribution < 1.29 is 13.2 Å². The van der Waals surface area contributed by atoms with Gasteiger partial charge in [-0.2, -0.15) is 18.4 Å². The van der Waals surface area contributed by atoms with E-state index in [1.54, 1.807) is 30.6 Å². The van der Waals surface area contributed by atoms with Crippen LogP contribution in [0.1, 0.15) is 56.5 Å². The fourth-order valence-electron chi connectivity index (χ4n) is 5.08. The molecular weight excluding hydrogens is 579 g/mol. The van der Waals surface area contributed by atoms with Crippen LogP contribution in [0.15, 0.2) is 55.1 Å². The number of nitriles is 1. The Balaban J connectivity index is 1.49. The van der Waals surface area contributed by atoms with E-state index in [2.05, 4.69) is 62.7 Å². The predicted molar refractivity (Wildman–Crippen MR) is 158 cm³/mol. The van der Waals surface area contributed by atoms with Crippen molar-refractivity contribution in [2.75, 3.05) is 17.2 Å². The van der Waals surface area contributed by atoms with Gasteiger partial charge in [0.15, 0.2) is 5.54 Å². The van der Waals surface area contributed by atoms with Crippen molar-refractivity contribution >= 4 is 44.9 Å². The van der Waals surface area contributed by atoms with Gasteiger partial charge in [0.05, 0.1) is 45.1 Å². The molecule has 3 aromatic heterocycles. The number of halogens is 4. The van der Waals surface area contributed by atoms with E-state index in [0.717, 1.165) is 4.68 Å². The molecule has 9 nitrogen and oxygen atoms in total. The maximum Gasteiger partial charge on any atom is 0.413 e. The van der Waals surface area contributed by atoms with Crippen LogP contribution in [-0.4, -0.2) is 42.7 Å². The van der Waals surface area contributed by atoms with Crippen LogP contribution in [0.3, 0.4) is 0 Å². The molecule has 2 N–H and O–H groups in total. The first-order chi connectivity index (χ1) is 20.4. The van der Waals surface area contributed by atoms with Crippen LogP contribution in [0.5, 0.6) is 0 Å². The first-order valence-corrected chi connectivity index (χ1v) is 14.0. The lowest BCUT2D eigenvalue weighted by Crippen LogP contribution is -2.35. The monoisotopic (exact) mass is 605 g/mol. The average Bonchev–Trinajstić information content (AvgIpc) is 3.65. The summed E-state index contributed by atoms with van der Waals surface area (Å²) in [5.74, 6) is 0. The summed E-state index contributed by atoms with van der Waals surface area (Å²) in [6.07, 6.45) is 1.36. The fourth-order valence-corrected chi connectivity index (χ4v) is 5.34. The molecule has 1 saturated carbocycles. The maximum atomic E-state index is 13.9. The first kappa shape index (κ1) is 28.6. The van der Waals surface area contributed by atoms with E-state index in [1.165, 1.54) is 12.4 Å². The summed E-state index contributed by atoms with van der Waals surface area (Å²) in [6.45, 7) is 6.80. The van der Waals surface area contributed by atoms with Crippen molar-refractivity contribution in [2.45, 2.75) is 51.4 Å². The minimum Gasteiger partial charge on any atom is -0.383 e. The minimum absolute atomic E-state index is 0.0595. The molecule has 2 aromatic carbocycles. The van der Waals surface area contributed by atoms with Crippen molar-refractivity contribution in [3.05, 3.63) is 77.0 Å². The summed E-state index contributed by atoms with van der Waals surface area (Å²) in [5, 5.41) is 25.7. The van der Waals surface area contributed by atoms with Gasteiger partial charge in [-0.25, -0.2) is 4.68 Å². The minimum atomic E-state index is -4.46. The van der Waals surface area contributed by atoms with Gasteiger partial charge in [-0.15, -0.1) is 5.10 Å². The van der Waals surface area contributed by atoms with Gasteiger partial charge in [0.2, 0.25) is 0 Å². The third-order valence-corrected chi connectivity index (χ3v) is 7.78. The first-order valence-electron chi connectivity index (χ1n) is 13.6. The quantitative estimate of drug-likeness (QED) is 0.203. The highest BCUT2D eigenvalue weighted by molar-refractivity contribution is 6.35. The Morgan fingerprint density at radius 3 is 2.56 bits per heavy atom. The van der Waals surface area contributed by atoms with Gasteiger partial charge in [-0.05, 0) is 36.5 Å².